The summed E-state index contributed by atoms with van der Waals surface area (Å²) in [7, 11) is 1.38. The number of carbonyl (C=O) groups excluding carboxylic acids is 1. The number of likely N-dealkylation sites (tertiary alicyclic amines) is 1. The second-order valence-electron chi connectivity index (χ2n) is 4.93. The molecule has 1 unspecified atom stereocenters. The van der Waals surface area contributed by atoms with Crippen molar-refractivity contribution in [3.8, 4) is 0 Å². The van der Waals surface area contributed by atoms with Crippen molar-refractivity contribution in [2.75, 3.05) is 32.1 Å². The zero-order chi connectivity index (χ0) is 13.7. The van der Waals surface area contributed by atoms with Crippen molar-refractivity contribution in [2.24, 2.45) is 0 Å². The lowest BCUT2D eigenvalue weighted by molar-refractivity contribution is 0.0606. The second kappa shape index (κ2) is 6.86. The normalized spacial score (nSPS) is 18.0. The third-order valence-electron chi connectivity index (χ3n) is 3.24. The van der Waals surface area contributed by atoms with E-state index in [1.54, 1.807) is 6.20 Å². The highest BCUT2D eigenvalue weighted by molar-refractivity contribution is 7.17. The predicted octanol–water partition coefficient (Wildman–Crippen LogP) is 2.22. The Morgan fingerprint density at radius 1 is 1.53 bits per heavy atom. The topological polar surface area (TPSA) is 54.5 Å². The van der Waals surface area contributed by atoms with Crippen LogP contribution in [0.25, 0.3) is 0 Å². The Hall–Kier alpha value is -1.14. The Balaban J connectivity index is 1.82. The number of methoxy groups -OCH3 is 1. The number of rotatable bonds is 5. The molecule has 0 amide bonds. The molecule has 1 aromatic rings. The molecule has 1 aromatic heterocycles. The number of hydrogen-bond acceptors (Lipinski definition) is 6. The van der Waals surface area contributed by atoms with Gasteiger partial charge in [-0.3, -0.25) is 0 Å². The molecule has 106 valence electrons. The van der Waals surface area contributed by atoms with E-state index in [1.807, 2.05) is 0 Å². The van der Waals surface area contributed by atoms with Crippen molar-refractivity contribution in [3.63, 3.8) is 0 Å². The largest absolute Gasteiger partial charge is 0.465 e. The molecule has 1 aliphatic rings. The van der Waals surface area contributed by atoms with Gasteiger partial charge in [-0.1, -0.05) is 17.8 Å². The summed E-state index contributed by atoms with van der Waals surface area (Å²) in [5.74, 6) is -0.325. The van der Waals surface area contributed by atoms with Gasteiger partial charge in [0, 0.05) is 12.6 Å². The lowest BCUT2D eigenvalue weighted by atomic mass is 10.1. The second-order valence-corrected chi connectivity index (χ2v) is 5.96. The average Bonchev–Trinajstić information content (AvgIpc) is 2.87. The van der Waals surface area contributed by atoms with Gasteiger partial charge in [-0.05, 0) is 32.9 Å². The number of nitrogens with zero attached hydrogens (tertiary/aromatic N) is 2. The zero-order valence-corrected chi connectivity index (χ0v) is 12.3. The number of aromatic nitrogens is 1. The van der Waals surface area contributed by atoms with Crippen LogP contribution in [0.15, 0.2) is 6.20 Å². The highest BCUT2D eigenvalue weighted by Crippen LogP contribution is 2.20. The van der Waals surface area contributed by atoms with Crippen LogP contribution < -0.4 is 5.32 Å². The Bertz CT molecular complexity index is 416. The van der Waals surface area contributed by atoms with Crippen molar-refractivity contribution in [1.29, 1.82) is 0 Å². The maximum Gasteiger partial charge on any atom is 0.349 e. The lowest BCUT2D eigenvalue weighted by Gasteiger charge is -2.29. The number of esters is 1. The molecule has 6 heteroatoms. The van der Waals surface area contributed by atoms with E-state index in [1.165, 1.54) is 50.8 Å². The van der Waals surface area contributed by atoms with Gasteiger partial charge in [0.25, 0.3) is 0 Å². The molecule has 0 radical (unpaired) electrons. The quantitative estimate of drug-likeness (QED) is 0.840. The number of ether oxygens (including phenoxy) is 1. The molecule has 1 fully saturated rings. The van der Waals surface area contributed by atoms with E-state index < -0.39 is 0 Å². The fourth-order valence-corrected chi connectivity index (χ4v) is 3.17. The van der Waals surface area contributed by atoms with E-state index in [0.717, 1.165) is 11.7 Å². The summed E-state index contributed by atoms with van der Waals surface area (Å²) >= 11 is 1.34. The predicted molar refractivity (Wildman–Crippen MR) is 76.8 cm³/mol. The molecule has 0 bridgehead atoms. The highest BCUT2D eigenvalue weighted by Gasteiger charge is 2.15. The molecule has 0 saturated carbocycles. The van der Waals surface area contributed by atoms with Crippen LogP contribution in [0.5, 0.6) is 0 Å². The molecule has 5 nitrogen and oxygen atoms in total. The SMILES string of the molecule is COC(=O)c1cnc(NC(C)CN2CCCCC2)s1. The maximum atomic E-state index is 11.3. The first-order valence-electron chi connectivity index (χ1n) is 6.72. The Kier molecular flexibility index (Phi) is 5.15. The van der Waals surface area contributed by atoms with Crippen molar-refractivity contribution < 1.29 is 9.53 Å². The van der Waals surface area contributed by atoms with Gasteiger partial charge >= 0.3 is 5.97 Å². The summed E-state index contributed by atoms with van der Waals surface area (Å²) in [6.45, 7) is 5.55. The molecule has 0 aromatic carbocycles. The van der Waals surface area contributed by atoms with Crippen molar-refractivity contribution >= 4 is 22.4 Å². The smallest absolute Gasteiger partial charge is 0.349 e. The van der Waals surface area contributed by atoms with Gasteiger partial charge in [0.2, 0.25) is 0 Å². The summed E-state index contributed by atoms with van der Waals surface area (Å²) in [6, 6.07) is 0.328. The Morgan fingerprint density at radius 2 is 2.26 bits per heavy atom. The first-order chi connectivity index (χ1) is 9.19. The van der Waals surface area contributed by atoms with Crippen molar-refractivity contribution in [3.05, 3.63) is 11.1 Å². The first kappa shape index (κ1) is 14.3. The summed E-state index contributed by atoms with van der Waals surface area (Å²) in [6.07, 6.45) is 5.52. The molecular formula is C13H21N3O2S. The molecule has 1 saturated heterocycles. The van der Waals surface area contributed by atoms with Gasteiger partial charge < -0.3 is 15.0 Å². The van der Waals surface area contributed by atoms with E-state index in [9.17, 15) is 4.79 Å². The van der Waals surface area contributed by atoms with Crippen LogP contribution in [0, 0.1) is 0 Å². The van der Waals surface area contributed by atoms with Gasteiger partial charge in [0.1, 0.15) is 4.88 Å². The van der Waals surface area contributed by atoms with E-state index >= 15 is 0 Å². The molecule has 1 atom stereocenters. The van der Waals surface area contributed by atoms with Gasteiger partial charge in [-0.2, -0.15) is 0 Å². The van der Waals surface area contributed by atoms with Crippen LogP contribution >= 0.6 is 11.3 Å². The fraction of sp³-hybridized carbons (Fsp3) is 0.692. The number of thiazole rings is 1. The van der Waals surface area contributed by atoms with Crippen LogP contribution in [-0.4, -0.2) is 48.6 Å². The molecular weight excluding hydrogens is 262 g/mol. The Labute approximate surface area is 118 Å². The van der Waals surface area contributed by atoms with Gasteiger partial charge in [0.15, 0.2) is 5.13 Å². The van der Waals surface area contributed by atoms with Crippen LogP contribution in [0.2, 0.25) is 0 Å². The molecule has 0 spiro atoms. The number of anilines is 1. The van der Waals surface area contributed by atoms with Crippen molar-refractivity contribution in [2.45, 2.75) is 32.2 Å². The summed E-state index contributed by atoms with van der Waals surface area (Å²) < 4.78 is 4.67. The van der Waals surface area contributed by atoms with Crippen LogP contribution in [0.1, 0.15) is 35.9 Å². The number of nitrogens with one attached hydrogen (secondary N) is 1. The average molecular weight is 283 g/mol. The van der Waals surface area contributed by atoms with E-state index in [0.29, 0.717) is 10.9 Å². The summed E-state index contributed by atoms with van der Waals surface area (Å²) in [4.78, 5) is 18.6. The lowest BCUT2D eigenvalue weighted by Crippen LogP contribution is -2.38. The van der Waals surface area contributed by atoms with Crippen LogP contribution in [0.3, 0.4) is 0 Å². The molecule has 2 heterocycles. The number of piperidine rings is 1. The minimum atomic E-state index is -0.325. The maximum absolute atomic E-state index is 11.3. The van der Waals surface area contributed by atoms with Gasteiger partial charge in [0.05, 0.1) is 13.3 Å². The molecule has 19 heavy (non-hydrogen) atoms. The summed E-state index contributed by atoms with van der Waals surface area (Å²) in [5.41, 5.74) is 0. The van der Waals surface area contributed by atoms with Gasteiger partial charge in [-0.25, -0.2) is 9.78 Å². The number of hydrogen-bond donors (Lipinski definition) is 1. The monoisotopic (exact) mass is 283 g/mol. The van der Waals surface area contributed by atoms with Crippen molar-refractivity contribution in [1.82, 2.24) is 9.88 Å². The summed E-state index contributed by atoms with van der Waals surface area (Å²) in [5, 5.41) is 4.13. The minimum absolute atomic E-state index is 0.325. The molecule has 0 aliphatic carbocycles. The minimum Gasteiger partial charge on any atom is -0.465 e. The third-order valence-corrected chi connectivity index (χ3v) is 4.15. The van der Waals surface area contributed by atoms with Crippen LogP contribution in [0.4, 0.5) is 5.13 Å². The first-order valence-corrected chi connectivity index (χ1v) is 7.53. The molecule has 1 aliphatic heterocycles. The zero-order valence-electron chi connectivity index (χ0n) is 11.5. The van der Waals surface area contributed by atoms with E-state index in [-0.39, 0.29) is 5.97 Å². The fourth-order valence-electron chi connectivity index (χ4n) is 2.32. The standard InChI is InChI=1S/C13H21N3O2S/c1-10(9-16-6-4-3-5-7-16)15-13-14-8-11(19-13)12(17)18-2/h8,10H,3-7,9H2,1-2H3,(H,14,15). The molecule has 1 N–H and O–H groups in total. The third kappa shape index (κ3) is 4.18. The van der Waals surface area contributed by atoms with E-state index in [2.05, 4.69) is 26.9 Å². The Morgan fingerprint density at radius 3 is 2.95 bits per heavy atom. The highest BCUT2D eigenvalue weighted by atomic mass is 32.1. The molecule has 2 rings (SSSR count). The number of carbonyl (C=O) groups is 1. The van der Waals surface area contributed by atoms with E-state index in [4.69, 9.17) is 0 Å². The van der Waals surface area contributed by atoms with Crippen LogP contribution in [-0.2, 0) is 4.74 Å². The van der Waals surface area contributed by atoms with Gasteiger partial charge in [-0.15, -0.1) is 0 Å².